The number of sulfone groups is 1. The molecule has 100 valence electrons. The smallest absolute Gasteiger partial charge is 0.307 e. The first kappa shape index (κ1) is 12.2. The molecule has 0 spiro atoms. The van der Waals surface area contributed by atoms with Gasteiger partial charge in [0.2, 0.25) is 0 Å². The summed E-state index contributed by atoms with van der Waals surface area (Å²) in [6, 6.07) is 6.13. The average Bonchev–Trinajstić information content (AvgIpc) is 2.69. The summed E-state index contributed by atoms with van der Waals surface area (Å²) in [6.07, 6.45) is 0.309. The minimum absolute atomic E-state index is 0.0242. The summed E-state index contributed by atoms with van der Waals surface area (Å²) in [6.45, 7) is 0. The van der Waals surface area contributed by atoms with Crippen molar-refractivity contribution >= 4 is 20.7 Å². The molecular formula is C12H12N2O4S. The summed E-state index contributed by atoms with van der Waals surface area (Å²) in [4.78, 5) is 26.9. The fourth-order valence-electron chi connectivity index (χ4n) is 2.49. The van der Waals surface area contributed by atoms with Crippen LogP contribution in [0, 0.1) is 0 Å². The number of benzene rings is 1. The second-order valence-electron chi connectivity index (χ2n) is 4.71. The van der Waals surface area contributed by atoms with Crippen LogP contribution in [0.4, 0.5) is 0 Å². The molecule has 1 saturated heterocycles. The van der Waals surface area contributed by atoms with Crippen LogP contribution in [0.2, 0.25) is 0 Å². The Labute approximate surface area is 108 Å². The first-order valence-electron chi connectivity index (χ1n) is 5.92. The van der Waals surface area contributed by atoms with Crippen LogP contribution < -0.4 is 11.2 Å². The van der Waals surface area contributed by atoms with Crippen LogP contribution in [0.1, 0.15) is 12.5 Å². The number of aromatic nitrogens is 2. The highest BCUT2D eigenvalue weighted by molar-refractivity contribution is 7.91. The molecule has 1 aromatic heterocycles. The third kappa shape index (κ3) is 1.99. The molecule has 0 amide bonds. The van der Waals surface area contributed by atoms with Crippen molar-refractivity contribution in [3.63, 3.8) is 0 Å². The van der Waals surface area contributed by atoms with E-state index in [-0.39, 0.29) is 11.5 Å². The largest absolute Gasteiger partial charge is 0.329 e. The zero-order valence-electron chi connectivity index (χ0n) is 10.00. The van der Waals surface area contributed by atoms with Gasteiger partial charge in [0.05, 0.1) is 28.5 Å². The average molecular weight is 280 g/mol. The molecule has 1 N–H and O–H groups in total. The number of aromatic amines is 1. The van der Waals surface area contributed by atoms with Crippen LogP contribution in [-0.4, -0.2) is 29.5 Å². The maximum atomic E-state index is 12.3. The van der Waals surface area contributed by atoms with Crippen molar-refractivity contribution in [3.8, 4) is 0 Å². The number of fused-ring (bicyclic) bond motifs is 1. The van der Waals surface area contributed by atoms with Crippen molar-refractivity contribution in [3.05, 3.63) is 45.1 Å². The summed E-state index contributed by atoms with van der Waals surface area (Å²) in [5.74, 6) is -0.120. The van der Waals surface area contributed by atoms with E-state index in [0.717, 1.165) is 4.57 Å². The molecule has 0 bridgehead atoms. The summed E-state index contributed by atoms with van der Waals surface area (Å²) in [7, 11) is -3.14. The van der Waals surface area contributed by atoms with E-state index >= 15 is 0 Å². The zero-order chi connectivity index (χ0) is 13.6. The lowest BCUT2D eigenvalue weighted by atomic mass is 10.2. The predicted molar refractivity (Wildman–Crippen MR) is 71.1 cm³/mol. The van der Waals surface area contributed by atoms with Gasteiger partial charge in [0.15, 0.2) is 9.84 Å². The standard InChI is InChI=1S/C12H12N2O4S/c15-11-9-3-1-2-4-10(9)13-12(16)14(11)8-5-6-19(17,18)7-8/h1-4,8H,5-7H2,(H,13,16)/t8-/m1/s1. The maximum Gasteiger partial charge on any atom is 0.329 e. The first-order chi connectivity index (χ1) is 8.98. The molecule has 2 aromatic rings. The van der Waals surface area contributed by atoms with Gasteiger partial charge in [-0.15, -0.1) is 0 Å². The molecule has 2 heterocycles. The zero-order valence-corrected chi connectivity index (χ0v) is 10.8. The topological polar surface area (TPSA) is 89.0 Å². The van der Waals surface area contributed by atoms with Gasteiger partial charge < -0.3 is 4.98 Å². The van der Waals surface area contributed by atoms with Crippen LogP contribution in [0.15, 0.2) is 33.9 Å². The van der Waals surface area contributed by atoms with Crippen molar-refractivity contribution in [2.24, 2.45) is 0 Å². The van der Waals surface area contributed by atoms with Crippen LogP contribution >= 0.6 is 0 Å². The lowest BCUT2D eigenvalue weighted by Gasteiger charge is -2.11. The highest BCUT2D eigenvalue weighted by Gasteiger charge is 2.31. The summed E-state index contributed by atoms with van der Waals surface area (Å²) in [5, 5.41) is 0.395. The third-order valence-corrected chi connectivity index (χ3v) is 5.16. The second kappa shape index (κ2) is 4.06. The molecule has 1 aliphatic rings. The van der Waals surface area contributed by atoms with Crippen LogP contribution in [0.25, 0.3) is 10.9 Å². The molecule has 0 radical (unpaired) electrons. The summed E-state index contributed by atoms with van der Waals surface area (Å²) >= 11 is 0. The molecule has 1 aliphatic heterocycles. The molecule has 1 atom stereocenters. The van der Waals surface area contributed by atoms with E-state index in [1.807, 2.05) is 0 Å². The van der Waals surface area contributed by atoms with Gasteiger partial charge in [-0.1, -0.05) is 12.1 Å². The summed E-state index contributed by atoms with van der Waals surface area (Å²) < 4.78 is 24.0. The number of H-pyrrole nitrogens is 1. The lowest BCUT2D eigenvalue weighted by molar-refractivity contribution is 0.517. The Morgan fingerprint density at radius 3 is 2.63 bits per heavy atom. The molecule has 0 saturated carbocycles. The Morgan fingerprint density at radius 2 is 1.95 bits per heavy atom. The molecule has 3 rings (SSSR count). The van der Waals surface area contributed by atoms with E-state index in [2.05, 4.69) is 4.98 Å². The molecular weight excluding hydrogens is 268 g/mol. The fourth-order valence-corrected chi connectivity index (χ4v) is 4.19. The second-order valence-corrected chi connectivity index (χ2v) is 6.94. The highest BCUT2D eigenvalue weighted by atomic mass is 32.2. The lowest BCUT2D eigenvalue weighted by Crippen LogP contribution is -2.38. The van der Waals surface area contributed by atoms with E-state index in [1.54, 1.807) is 24.3 Å². The minimum Gasteiger partial charge on any atom is -0.307 e. The van der Waals surface area contributed by atoms with E-state index in [0.29, 0.717) is 17.3 Å². The van der Waals surface area contributed by atoms with Gasteiger partial charge >= 0.3 is 5.69 Å². The molecule has 1 fully saturated rings. The minimum atomic E-state index is -3.14. The van der Waals surface area contributed by atoms with Gasteiger partial charge in [0.1, 0.15) is 0 Å². The van der Waals surface area contributed by atoms with Gasteiger partial charge in [0, 0.05) is 0 Å². The number of rotatable bonds is 1. The van der Waals surface area contributed by atoms with Gasteiger partial charge in [-0.2, -0.15) is 0 Å². The van der Waals surface area contributed by atoms with Gasteiger partial charge in [-0.05, 0) is 18.6 Å². The van der Waals surface area contributed by atoms with Gasteiger partial charge in [0.25, 0.3) is 5.56 Å². The Hall–Kier alpha value is -1.89. The van der Waals surface area contributed by atoms with E-state index < -0.39 is 27.1 Å². The molecule has 0 aliphatic carbocycles. The molecule has 1 aromatic carbocycles. The van der Waals surface area contributed by atoms with Gasteiger partial charge in [-0.3, -0.25) is 9.36 Å². The monoisotopic (exact) mass is 280 g/mol. The number of nitrogens with zero attached hydrogens (tertiary/aromatic N) is 1. The van der Waals surface area contributed by atoms with Crippen molar-refractivity contribution < 1.29 is 8.42 Å². The third-order valence-electron chi connectivity index (χ3n) is 3.41. The quantitative estimate of drug-likeness (QED) is 0.799. The number of hydrogen-bond donors (Lipinski definition) is 1. The van der Waals surface area contributed by atoms with Crippen molar-refractivity contribution in [1.29, 1.82) is 0 Å². The summed E-state index contributed by atoms with van der Waals surface area (Å²) in [5.41, 5.74) is -0.512. The van der Waals surface area contributed by atoms with Crippen LogP contribution in [0.5, 0.6) is 0 Å². The Morgan fingerprint density at radius 1 is 1.21 bits per heavy atom. The van der Waals surface area contributed by atoms with Crippen molar-refractivity contribution in [2.75, 3.05) is 11.5 Å². The number of nitrogens with one attached hydrogen (secondary N) is 1. The van der Waals surface area contributed by atoms with E-state index in [1.165, 1.54) is 0 Å². The van der Waals surface area contributed by atoms with Gasteiger partial charge in [-0.25, -0.2) is 13.2 Å². The predicted octanol–water partition coefficient (Wildman–Crippen LogP) is 0.0494. The fraction of sp³-hybridized carbons (Fsp3) is 0.333. The highest BCUT2D eigenvalue weighted by Crippen LogP contribution is 2.21. The molecule has 0 unspecified atom stereocenters. The normalized spacial score (nSPS) is 21.8. The molecule has 19 heavy (non-hydrogen) atoms. The van der Waals surface area contributed by atoms with Crippen LogP contribution in [0.3, 0.4) is 0 Å². The van der Waals surface area contributed by atoms with E-state index in [9.17, 15) is 18.0 Å². The number of para-hydroxylation sites is 1. The Balaban J connectivity index is 2.25. The number of hydrogen-bond acceptors (Lipinski definition) is 4. The first-order valence-corrected chi connectivity index (χ1v) is 7.74. The van der Waals surface area contributed by atoms with Crippen molar-refractivity contribution in [1.82, 2.24) is 9.55 Å². The van der Waals surface area contributed by atoms with E-state index in [4.69, 9.17) is 0 Å². The molecule has 6 nitrogen and oxygen atoms in total. The maximum absolute atomic E-state index is 12.3. The Kier molecular flexibility index (Phi) is 2.60. The SMILES string of the molecule is O=c1[nH]c2ccccc2c(=O)n1[C@@H]1CCS(=O)(=O)C1. The Bertz CT molecular complexity index is 863. The van der Waals surface area contributed by atoms with Crippen LogP contribution in [-0.2, 0) is 9.84 Å². The molecule has 7 heteroatoms. The van der Waals surface area contributed by atoms with Crippen molar-refractivity contribution in [2.45, 2.75) is 12.5 Å².